The third-order valence-electron chi connectivity index (χ3n) is 3.15. The van der Waals surface area contributed by atoms with Gasteiger partial charge in [0, 0.05) is 28.8 Å². The number of methoxy groups -OCH3 is 1. The summed E-state index contributed by atoms with van der Waals surface area (Å²) in [6.07, 6.45) is 1.09. The summed E-state index contributed by atoms with van der Waals surface area (Å²) in [5.41, 5.74) is 1.00. The fraction of sp³-hybridized carbons (Fsp3) is 0.385. The Morgan fingerprint density at radius 1 is 1.50 bits per heavy atom. The summed E-state index contributed by atoms with van der Waals surface area (Å²) in [6, 6.07) is 8.09. The fourth-order valence-corrected chi connectivity index (χ4v) is 2.62. The zero-order valence-corrected chi connectivity index (χ0v) is 12.1. The van der Waals surface area contributed by atoms with E-state index in [1.54, 1.807) is 7.11 Å². The lowest BCUT2D eigenvalue weighted by Crippen LogP contribution is -1.93. The highest BCUT2D eigenvalue weighted by atomic mass is 127. The Morgan fingerprint density at radius 3 is 3.17 bits per heavy atom. The third-order valence-corrected chi connectivity index (χ3v) is 3.82. The topological polar surface area (TPSA) is 48.2 Å². The van der Waals surface area contributed by atoms with Gasteiger partial charge in [0.05, 0.1) is 0 Å². The van der Waals surface area contributed by atoms with Gasteiger partial charge in [-0.05, 0) is 47.1 Å². The first-order valence-corrected chi connectivity index (χ1v) is 6.94. The average molecular weight is 356 g/mol. The molecule has 1 aliphatic carbocycles. The Kier molecular flexibility index (Phi) is 3.34. The molecule has 1 saturated carbocycles. The standard InChI is InChI=1S/C13H13IN2O2/c1-17-7-9-6-11(9)13-15-12(16-18-13)8-3-2-4-10(14)5-8/h2-5,9,11H,6-7H2,1H3/t9-,11+/m0/s1. The third kappa shape index (κ3) is 2.42. The van der Waals surface area contributed by atoms with Crippen molar-refractivity contribution in [3.63, 3.8) is 0 Å². The van der Waals surface area contributed by atoms with Gasteiger partial charge in [-0.2, -0.15) is 4.98 Å². The van der Waals surface area contributed by atoms with Crippen LogP contribution in [0.2, 0.25) is 0 Å². The molecule has 0 radical (unpaired) electrons. The molecular formula is C13H13IN2O2. The van der Waals surface area contributed by atoms with Crippen LogP contribution in [0.3, 0.4) is 0 Å². The van der Waals surface area contributed by atoms with Crippen molar-refractivity contribution in [2.75, 3.05) is 13.7 Å². The van der Waals surface area contributed by atoms with Crippen LogP contribution in [-0.2, 0) is 4.74 Å². The molecule has 1 heterocycles. The second kappa shape index (κ2) is 4.97. The normalized spacial score (nSPS) is 22.1. The Labute approximate surface area is 119 Å². The summed E-state index contributed by atoms with van der Waals surface area (Å²) in [5, 5.41) is 4.05. The maximum Gasteiger partial charge on any atom is 0.230 e. The summed E-state index contributed by atoms with van der Waals surface area (Å²) < 4.78 is 11.6. The SMILES string of the molecule is COC[C@@H]1C[C@H]1c1nc(-c2cccc(I)c2)no1. The van der Waals surface area contributed by atoms with E-state index in [9.17, 15) is 0 Å². The van der Waals surface area contributed by atoms with Crippen molar-refractivity contribution in [2.24, 2.45) is 5.92 Å². The number of rotatable bonds is 4. The molecule has 0 spiro atoms. The lowest BCUT2D eigenvalue weighted by Gasteiger charge is -1.94. The summed E-state index contributed by atoms with van der Waals surface area (Å²) in [5.74, 6) is 2.34. The number of benzene rings is 1. The molecule has 18 heavy (non-hydrogen) atoms. The zero-order chi connectivity index (χ0) is 12.5. The van der Waals surface area contributed by atoms with Gasteiger partial charge in [0.1, 0.15) is 0 Å². The second-order valence-corrected chi connectivity index (χ2v) is 5.77. The predicted molar refractivity (Wildman–Crippen MR) is 75.2 cm³/mol. The molecule has 2 atom stereocenters. The van der Waals surface area contributed by atoms with Gasteiger partial charge in [-0.25, -0.2) is 0 Å². The Hall–Kier alpha value is -0.950. The van der Waals surface area contributed by atoms with Gasteiger partial charge in [-0.3, -0.25) is 0 Å². The summed E-state index contributed by atoms with van der Waals surface area (Å²) in [6.45, 7) is 0.769. The van der Waals surface area contributed by atoms with E-state index in [1.807, 2.05) is 18.2 Å². The minimum absolute atomic E-state index is 0.383. The van der Waals surface area contributed by atoms with Gasteiger partial charge in [0.25, 0.3) is 0 Å². The molecule has 0 unspecified atom stereocenters. The molecule has 0 saturated heterocycles. The highest BCUT2D eigenvalue weighted by Crippen LogP contribution is 2.47. The molecule has 1 aromatic carbocycles. The van der Waals surface area contributed by atoms with Crippen molar-refractivity contribution in [3.8, 4) is 11.4 Å². The van der Waals surface area contributed by atoms with Crippen LogP contribution in [0.15, 0.2) is 28.8 Å². The summed E-state index contributed by atoms with van der Waals surface area (Å²) in [4.78, 5) is 4.48. The van der Waals surface area contributed by atoms with Crippen molar-refractivity contribution in [1.82, 2.24) is 10.1 Å². The molecule has 5 heteroatoms. The van der Waals surface area contributed by atoms with E-state index in [-0.39, 0.29) is 0 Å². The van der Waals surface area contributed by atoms with Gasteiger partial charge in [0.15, 0.2) is 0 Å². The summed E-state index contributed by atoms with van der Waals surface area (Å²) >= 11 is 2.28. The molecular weight excluding hydrogens is 343 g/mol. The molecule has 4 nitrogen and oxygen atoms in total. The number of hydrogen-bond donors (Lipinski definition) is 0. The van der Waals surface area contributed by atoms with Crippen LogP contribution in [0.5, 0.6) is 0 Å². The first kappa shape index (κ1) is 12.1. The van der Waals surface area contributed by atoms with Crippen LogP contribution in [-0.4, -0.2) is 23.9 Å². The molecule has 0 bridgehead atoms. The van der Waals surface area contributed by atoms with E-state index in [2.05, 4.69) is 38.8 Å². The van der Waals surface area contributed by atoms with Crippen molar-refractivity contribution in [2.45, 2.75) is 12.3 Å². The Balaban J connectivity index is 1.78. The van der Waals surface area contributed by atoms with E-state index in [1.165, 1.54) is 3.57 Å². The van der Waals surface area contributed by atoms with Crippen molar-refractivity contribution < 1.29 is 9.26 Å². The number of ether oxygens (including phenoxy) is 1. The Morgan fingerprint density at radius 2 is 2.39 bits per heavy atom. The minimum atomic E-state index is 0.383. The molecule has 2 aromatic rings. The van der Waals surface area contributed by atoms with Crippen LogP contribution in [0, 0.1) is 9.49 Å². The van der Waals surface area contributed by atoms with Crippen LogP contribution in [0.4, 0.5) is 0 Å². The predicted octanol–water partition coefficient (Wildman–Crippen LogP) is 3.09. The van der Waals surface area contributed by atoms with E-state index in [0.29, 0.717) is 17.7 Å². The van der Waals surface area contributed by atoms with Gasteiger partial charge in [-0.1, -0.05) is 17.3 Å². The van der Waals surface area contributed by atoms with Gasteiger partial charge in [0.2, 0.25) is 11.7 Å². The maximum atomic E-state index is 5.34. The molecule has 1 fully saturated rings. The molecule has 3 rings (SSSR count). The second-order valence-electron chi connectivity index (χ2n) is 4.52. The highest BCUT2D eigenvalue weighted by Gasteiger charge is 2.42. The van der Waals surface area contributed by atoms with Gasteiger partial charge in [-0.15, -0.1) is 0 Å². The van der Waals surface area contributed by atoms with Gasteiger partial charge < -0.3 is 9.26 Å². The molecule has 0 amide bonds. The van der Waals surface area contributed by atoms with Crippen LogP contribution >= 0.6 is 22.6 Å². The van der Waals surface area contributed by atoms with E-state index < -0.39 is 0 Å². The number of aromatic nitrogens is 2. The van der Waals surface area contributed by atoms with E-state index >= 15 is 0 Å². The first-order chi connectivity index (χ1) is 8.78. The fourth-order valence-electron chi connectivity index (χ4n) is 2.08. The molecule has 1 aliphatic rings. The lowest BCUT2D eigenvalue weighted by atomic mass is 10.2. The van der Waals surface area contributed by atoms with E-state index in [4.69, 9.17) is 9.26 Å². The van der Waals surface area contributed by atoms with Crippen LogP contribution < -0.4 is 0 Å². The quantitative estimate of drug-likeness (QED) is 0.790. The number of halogens is 1. The van der Waals surface area contributed by atoms with Crippen LogP contribution in [0.1, 0.15) is 18.2 Å². The smallest absolute Gasteiger partial charge is 0.230 e. The molecule has 1 aromatic heterocycles. The number of hydrogen-bond acceptors (Lipinski definition) is 4. The molecule has 0 N–H and O–H groups in total. The van der Waals surface area contributed by atoms with Gasteiger partial charge >= 0.3 is 0 Å². The zero-order valence-electron chi connectivity index (χ0n) is 9.97. The van der Waals surface area contributed by atoms with Crippen molar-refractivity contribution in [1.29, 1.82) is 0 Å². The molecule has 0 aliphatic heterocycles. The monoisotopic (exact) mass is 356 g/mol. The molecule has 94 valence electrons. The highest BCUT2D eigenvalue weighted by molar-refractivity contribution is 14.1. The summed E-state index contributed by atoms with van der Waals surface area (Å²) in [7, 11) is 1.72. The first-order valence-electron chi connectivity index (χ1n) is 5.86. The maximum absolute atomic E-state index is 5.34. The minimum Gasteiger partial charge on any atom is -0.384 e. The average Bonchev–Trinajstić information content (AvgIpc) is 2.96. The number of nitrogens with zero attached hydrogens (tertiary/aromatic N) is 2. The van der Waals surface area contributed by atoms with Crippen molar-refractivity contribution in [3.05, 3.63) is 33.7 Å². The lowest BCUT2D eigenvalue weighted by molar-refractivity contribution is 0.182. The van der Waals surface area contributed by atoms with Crippen LogP contribution in [0.25, 0.3) is 11.4 Å². The van der Waals surface area contributed by atoms with E-state index in [0.717, 1.165) is 24.5 Å². The Bertz CT molecular complexity index is 555. The van der Waals surface area contributed by atoms with Crippen molar-refractivity contribution >= 4 is 22.6 Å². The largest absolute Gasteiger partial charge is 0.384 e.